The summed E-state index contributed by atoms with van der Waals surface area (Å²) >= 11 is 0. The minimum Gasteiger partial charge on any atom is -0.486 e. The number of nitrogens with zero attached hydrogens (tertiary/aromatic N) is 1. The Morgan fingerprint density at radius 2 is 1.87 bits per heavy atom. The number of rotatable bonds is 8. The van der Waals surface area contributed by atoms with E-state index in [-0.39, 0.29) is 25.0 Å². The molecule has 8 heteroatoms. The highest BCUT2D eigenvalue weighted by atomic mass is 32.2. The minimum absolute atomic E-state index is 0.146. The molecule has 0 bridgehead atoms. The first-order valence-corrected chi connectivity index (χ1v) is 11.8. The van der Waals surface area contributed by atoms with E-state index in [1.165, 1.54) is 10.6 Å². The average molecular weight is 433 g/mol. The molecule has 2 aromatic carbocycles. The summed E-state index contributed by atoms with van der Waals surface area (Å²) in [5.74, 6) is 1.22. The molecule has 0 spiro atoms. The van der Waals surface area contributed by atoms with Gasteiger partial charge in [0.15, 0.2) is 11.5 Å². The number of fused-ring (bicyclic) bond motifs is 1. The number of ether oxygens (including phenoxy) is 2. The van der Waals surface area contributed by atoms with Gasteiger partial charge in [-0.15, -0.1) is 0 Å². The standard InChI is InChI=1S/C22H28N2O5S/c1-16-8-6-9-19(17(16)2)24(30(3,26)27)13-7-12-22(25)23-14-18-15-28-20-10-4-5-11-21(20)29-18/h4-6,8-11,18H,7,12-15H2,1-3H3,(H,23,25). The molecule has 2 aromatic rings. The van der Waals surface area contributed by atoms with Crippen molar-refractivity contribution in [2.75, 3.05) is 30.3 Å². The smallest absolute Gasteiger partial charge is 0.232 e. The van der Waals surface area contributed by atoms with E-state index in [0.29, 0.717) is 36.8 Å². The number of para-hydroxylation sites is 2. The Morgan fingerprint density at radius 1 is 1.13 bits per heavy atom. The molecule has 0 aromatic heterocycles. The van der Waals surface area contributed by atoms with Crippen LogP contribution in [0.4, 0.5) is 5.69 Å². The largest absolute Gasteiger partial charge is 0.486 e. The summed E-state index contributed by atoms with van der Waals surface area (Å²) < 4.78 is 37.4. The molecule has 1 aliphatic rings. The molecule has 1 unspecified atom stereocenters. The van der Waals surface area contributed by atoms with Crippen LogP contribution in [-0.4, -0.2) is 46.4 Å². The predicted molar refractivity (Wildman–Crippen MR) is 117 cm³/mol. The van der Waals surface area contributed by atoms with Gasteiger partial charge in [0.25, 0.3) is 0 Å². The van der Waals surface area contributed by atoms with Crippen LogP contribution in [0.25, 0.3) is 0 Å². The van der Waals surface area contributed by atoms with E-state index < -0.39 is 10.0 Å². The van der Waals surface area contributed by atoms with Gasteiger partial charge in [-0.3, -0.25) is 9.10 Å². The van der Waals surface area contributed by atoms with Crippen LogP contribution >= 0.6 is 0 Å². The van der Waals surface area contributed by atoms with E-state index in [0.717, 1.165) is 11.1 Å². The van der Waals surface area contributed by atoms with Gasteiger partial charge in [0.1, 0.15) is 12.7 Å². The molecule has 0 saturated heterocycles. The molecule has 7 nitrogen and oxygen atoms in total. The van der Waals surface area contributed by atoms with Gasteiger partial charge in [0.2, 0.25) is 15.9 Å². The van der Waals surface area contributed by atoms with Crippen LogP contribution in [-0.2, 0) is 14.8 Å². The van der Waals surface area contributed by atoms with Gasteiger partial charge in [0, 0.05) is 13.0 Å². The summed E-state index contributed by atoms with van der Waals surface area (Å²) in [6, 6.07) is 13.0. The maximum atomic E-state index is 12.3. The summed E-state index contributed by atoms with van der Waals surface area (Å²) in [4.78, 5) is 12.2. The number of amides is 1. The van der Waals surface area contributed by atoms with E-state index in [9.17, 15) is 13.2 Å². The second kappa shape index (κ2) is 9.38. The Hall–Kier alpha value is -2.74. The molecular formula is C22H28N2O5S. The number of benzene rings is 2. The zero-order chi connectivity index (χ0) is 21.7. The van der Waals surface area contributed by atoms with E-state index >= 15 is 0 Å². The fourth-order valence-corrected chi connectivity index (χ4v) is 4.35. The molecule has 162 valence electrons. The van der Waals surface area contributed by atoms with Gasteiger partial charge < -0.3 is 14.8 Å². The van der Waals surface area contributed by atoms with Crippen molar-refractivity contribution in [3.8, 4) is 11.5 Å². The minimum atomic E-state index is -3.45. The molecule has 0 aliphatic carbocycles. The normalized spacial score (nSPS) is 15.5. The molecular weight excluding hydrogens is 404 g/mol. The lowest BCUT2D eigenvalue weighted by molar-refractivity contribution is -0.121. The van der Waals surface area contributed by atoms with E-state index in [2.05, 4.69) is 5.32 Å². The Labute approximate surface area is 178 Å². The van der Waals surface area contributed by atoms with Crippen LogP contribution in [0.3, 0.4) is 0 Å². The van der Waals surface area contributed by atoms with Crippen LogP contribution in [0.5, 0.6) is 11.5 Å². The van der Waals surface area contributed by atoms with Gasteiger partial charge in [0.05, 0.1) is 18.5 Å². The number of nitrogens with one attached hydrogen (secondary N) is 1. The van der Waals surface area contributed by atoms with Crippen molar-refractivity contribution in [1.82, 2.24) is 5.32 Å². The van der Waals surface area contributed by atoms with Crippen LogP contribution in [0, 0.1) is 13.8 Å². The van der Waals surface area contributed by atoms with Crippen molar-refractivity contribution >= 4 is 21.6 Å². The van der Waals surface area contributed by atoms with Crippen molar-refractivity contribution in [3.05, 3.63) is 53.6 Å². The Balaban J connectivity index is 1.50. The first kappa shape index (κ1) is 22.0. The SMILES string of the molecule is Cc1cccc(N(CCCC(=O)NCC2COc3ccccc3O2)S(C)(=O)=O)c1C. The molecule has 1 atom stereocenters. The average Bonchev–Trinajstić information content (AvgIpc) is 2.71. The third kappa shape index (κ3) is 5.44. The van der Waals surface area contributed by atoms with Crippen LogP contribution in [0.15, 0.2) is 42.5 Å². The molecule has 0 saturated carbocycles. The number of aryl methyl sites for hydroxylation is 1. The van der Waals surface area contributed by atoms with Crippen molar-refractivity contribution in [3.63, 3.8) is 0 Å². The van der Waals surface area contributed by atoms with Crippen LogP contribution < -0.4 is 19.1 Å². The highest BCUT2D eigenvalue weighted by Crippen LogP contribution is 2.30. The van der Waals surface area contributed by atoms with Crippen molar-refractivity contribution in [2.45, 2.75) is 32.8 Å². The predicted octanol–water partition coefficient (Wildman–Crippen LogP) is 2.81. The molecule has 1 N–H and O–H groups in total. The molecule has 0 radical (unpaired) electrons. The number of carbonyl (C=O) groups is 1. The first-order chi connectivity index (χ1) is 14.3. The summed E-state index contributed by atoms with van der Waals surface area (Å²) in [5.41, 5.74) is 2.60. The van der Waals surface area contributed by atoms with Gasteiger partial charge in [-0.25, -0.2) is 8.42 Å². The number of carbonyl (C=O) groups excluding carboxylic acids is 1. The van der Waals surface area contributed by atoms with Crippen molar-refractivity contribution in [2.24, 2.45) is 0 Å². The number of hydrogen-bond acceptors (Lipinski definition) is 5. The summed E-state index contributed by atoms with van der Waals surface area (Å²) in [6.07, 6.45) is 1.57. The van der Waals surface area contributed by atoms with Crippen LogP contribution in [0.1, 0.15) is 24.0 Å². The zero-order valence-electron chi connectivity index (χ0n) is 17.6. The lowest BCUT2D eigenvalue weighted by Crippen LogP contribution is -2.41. The van der Waals surface area contributed by atoms with Gasteiger partial charge in [-0.1, -0.05) is 24.3 Å². The van der Waals surface area contributed by atoms with Gasteiger partial charge >= 0.3 is 0 Å². The highest BCUT2D eigenvalue weighted by Gasteiger charge is 2.22. The monoisotopic (exact) mass is 432 g/mol. The maximum absolute atomic E-state index is 12.3. The second-order valence-electron chi connectivity index (χ2n) is 7.46. The quantitative estimate of drug-likeness (QED) is 0.693. The van der Waals surface area contributed by atoms with Crippen LogP contribution in [0.2, 0.25) is 0 Å². The van der Waals surface area contributed by atoms with Gasteiger partial charge in [-0.05, 0) is 49.6 Å². The van der Waals surface area contributed by atoms with E-state index in [1.54, 1.807) is 6.07 Å². The maximum Gasteiger partial charge on any atom is 0.232 e. The molecule has 1 amide bonds. The topological polar surface area (TPSA) is 84.9 Å². The highest BCUT2D eigenvalue weighted by molar-refractivity contribution is 7.92. The van der Waals surface area contributed by atoms with E-state index in [4.69, 9.17) is 9.47 Å². The summed E-state index contributed by atoms with van der Waals surface area (Å²) in [6.45, 7) is 4.79. The third-order valence-electron chi connectivity index (χ3n) is 5.10. The summed E-state index contributed by atoms with van der Waals surface area (Å²) in [5, 5.41) is 2.84. The second-order valence-corrected chi connectivity index (χ2v) is 9.37. The number of hydrogen-bond donors (Lipinski definition) is 1. The molecule has 30 heavy (non-hydrogen) atoms. The zero-order valence-corrected chi connectivity index (χ0v) is 18.4. The Morgan fingerprint density at radius 3 is 2.60 bits per heavy atom. The lowest BCUT2D eigenvalue weighted by Gasteiger charge is -2.26. The lowest BCUT2D eigenvalue weighted by atomic mass is 10.1. The summed E-state index contributed by atoms with van der Waals surface area (Å²) in [7, 11) is -3.45. The Bertz CT molecular complexity index is 1010. The number of anilines is 1. The number of sulfonamides is 1. The third-order valence-corrected chi connectivity index (χ3v) is 6.28. The van der Waals surface area contributed by atoms with E-state index in [1.807, 2.05) is 50.2 Å². The fraction of sp³-hybridized carbons (Fsp3) is 0.409. The Kier molecular flexibility index (Phi) is 6.87. The van der Waals surface area contributed by atoms with Crippen molar-refractivity contribution < 1.29 is 22.7 Å². The first-order valence-electron chi connectivity index (χ1n) is 9.95. The molecule has 1 aliphatic heterocycles. The fourth-order valence-electron chi connectivity index (χ4n) is 3.33. The molecule has 1 heterocycles. The molecule has 0 fully saturated rings. The molecule has 3 rings (SSSR count). The van der Waals surface area contributed by atoms with Crippen molar-refractivity contribution in [1.29, 1.82) is 0 Å². The van der Waals surface area contributed by atoms with Gasteiger partial charge in [-0.2, -0.15) is 0 Å².